The molecule has 2 heterocycles. The second kappa shape index (κ2) is 5.86. The molecule has 0 saturated heterocycles. The molecule has 0 bridgehead atoms. The number of rotatable bonds is 4. The monoisotopic (exact) mass is 352 g/mol. The van der Waals surface area contributed by atoms with Crippen molar-refractivity contribution < 1.29 is 8.42 Å². The average Bonchev–Trinajstić information content (AvgIpc) is 3.09. The summed E-state index contributed by atoms with van der Waals surface area (Å²) in [6.07, 6.45) is 3.47. The maximum Gasteiger partial charge on any atom is 0.178 e. The highest BCUT2D eigenvalue weighted by atomic mass is 32.2. The lowest BCUT2D eigenvalue weighted by Crippen LogP contribution is -2.03. The molecule has 2 aromatic heterocycles. The molecule has 0 atom stereocenters. The van der Waals surface area contributed by atoms with Gasteiger partial charge in [-0.1, -0.05) is 6.92 Å². The summed E-state index contributed by atoms with van der Waals surface area (Å²) < 4.78 is 24.4. The Morgan fingerprint density at radius 2 is 2.00 bits per heavy atom. The van der Waals surface area contributed by atoms with Crippen LogP contribution in [-0.2, 0) is 9.84 Å². The molecule has 0 fully saturated rings. The van der Waals surface area contributed by atoms with Gasteiger partial charge in [0, 0.05) is 28.3 Å². The van der Waals surface area contributed by atoms with E-state index in [4.69, 9.17) is 0 Å². The number of aromatic nitrogens is 3. The first-order chi connectivity index (χ1) is 12.1. The smallest absolute Gasteiger partial charge is 0.178 e. The summed E-state index contributed by atoms with van der Waals surface area (Å²) in [6, 6.07) is 12.7. The number of anilines is 2. The molecule has 0 aliphatic carbocycles. The van der Waals surface area contributed by atoms with Crippen LogP contribution in [0.5, 0.6) is 0 Å². The van der Waals surface area contributed by atoms with Gasteiger partial charge in [-0.2, -0.15) is 5.10 Å². The van der Waals surface area contributed by atoms with Gasteiger partial charge in [0.05, 0.1) is 27.9 Å². The fourth-order valence-electron chi connectivity index (χ4n) is 2.76. The minimum Gasteiger partial charge on any atom is -0.355 e. The van der Waals surface area contributed by atoms with Crippen molar-refractivity contribution in [2.75, 3.05) is 11.1 Å². The lowest BCUT2D eigenvalue weighted by atomic mass is 10.1. The second-order valence-corrected chi connectivity index (χ2v) is 8.02. The summed E-state index contributed by atoms with van der Waals surface area (Å²) in [5.41, 5.74) is 3.35. The Morgan fingerprint density at radius 3 is 2.84 bits per heavy atom. The van der Waals surface area contributed by atoms with E-state index in [1.54, 1.807) is 37.5 Å². The number of aromatic amines is 1. The van der Waals surface area contributed by atoms with Crippen molar-refractivity contribution in [2.45, 2.75) is 11.8 Å². The van der Waals surface area contributed by atoms with Gasteiger partial charge in [0.1, 0.15) is 0 Å². The van der Waals surface area contributed by atoms with Gasteiger partial charge in [-0.25, -0.2) is 8.42 Å². The van der Waals surface area contributed by atoms with Gasteiger partial charge in [-0.3, -0.25) is 10.1 Å². The Labute approximate surface area is 144 Å². The molecule has 25 heavy (non-hydrogen) atoms. The second-order valence-electron chi connectivity index (χ2n) is 5.74. The Kier molecular flexibility index (Phi) is 3.65. The van der Waals surface area contributed by atoms with E-state index >= 15 is 0 Å². The Hall–Kier alpha value is -2.93. The molecule has 2 N–H and O–H groups in total. The van der Waals surface area contributed by atoms with Crippen LogP contribution >= 0.6 is 0 Å². The molecule has 126 valence electrons. The maximum absolute atomic E-state index is 12.2. The van der Waals surface area contributed by atoms with Gasteiger partial charge in [-0.15, -0.1) is 0 Å². The molecule has 0 saturated carbocycles. The van der Waals surface area contributed by atoms with E-state index in [0.717, 1.165) is 33.2 Å². The lowest BCUT2D eigenvalue weighted by molar-refractivity contribution is 0.597. The lowest BCUT2D eigenvalue weighted by Gasteiger charge is -2.11. The van der Waals surface area contributed by atoms with Crippen LogP contribution in [0.3, 0.4) is 0 Å². The number of nitrogens with zero attached hydrogens (tertiary/aromatic N) is 2. The van der Waals surface area contributed by atoms with Crippen molar-refractivity contribution in [2.24, 2.45) is 0 Å². The number of pyridine rings is 1. The van der Waals surface area contributed by atoms with Crippen molar-refractivity contribution in [3.05, 3.63) is 54.9 Å². The van der Waals surface area contributed by atoms with Crippen LogP contribution in [0.2, 0.25) is 0 Å². The molecule has 4 rings (SSSR count). The molecule has 2 aromatic carbocycles. The number of H-pyrrole nitrogens is 1. The van der Waals surface area contributed by atoms with Gasteiger partial charge in [0.2, 0.25) is 0 Å². The summed E-state index contributed by atoms with van der Waals surface area (Å²) >= 11 is 0. The van der Waals surface area contributed by atoms with Crippen LogP contribution in [0.15, 0.2) is 59.8 Å². The van der Waals surface area contributed by atoms with Gasteiger partial charge in [-0.05, 0) is 42.5 Å². The number of fused-ring (bicyclic) bond motifs is 2. The standard InChI is InChI=1S/C18H16N4O2S/c1-2-25(23,24)14-5-6-16-15(10-14)17(7-8-19-16)21-13-4-3-12-11-20-22-18(12)9-13/h3-11H,2H2,1H3,(H,19,21)(H,20,22). The van der Waals surface area contributed by atoms with E-state index < -0.39 is 9.84 Å². The van der Waals surface area contributed by atoms with Crippen molar-refractivity contribution in [1.82, 2.24) is 15.2 Å². The summed E-state index contributed by atoms with van der Waals surface area (Å²) in [6.45, 7) is 1.64. The highest BCUT2D eigenvalue weighted by Crippen LogP contribution is 2.28. The van der Waals surface area contributed by atoms with Gasteiger partial charge in [0.25, 0.3) is 0 Å². The van der Waals surface area contributed by atoms with Gasteiger partial charge in [0.15, 0.2) is 9.84 Å². The highest BCUT2D eigenvalue weighted by Gasteiger charge is 2.13. The zero-order valence-electron chi connectivity index (χ0n) is 13.5. The van der Waals surface area contributed by atoms with E-state index in [1.165, 1.54) is 0 Å². The quantitative estimate of drug-likeness (QED) is 0.585. The zero-order chi connectivity index (χ0) is 17.4. The number of benzene rings is 2. The van der Waals surface area contributed by atoms with Crippen molar-refractivity contribution in [3.63, 3.8) is 0 Å². The molecule has 0 unspecified atom stereocenters. The molecule has 0 radical (unpaired) electrons. The zero-order valence-corrected chi connectivity index (χ0v) is 14.3. The van der Waals surface area contributed by atoms with Crippen LogP contribution in [0, 0.1) is 0 Å². The number of nitrogens with one attached hydrogen (secondary N) is 2. The molecule has 0 spiro atoms. The molecule has 0 amide bonds. The van der Waals surface area contributed by atoms with Crippen molar-refractivity contribution in [1.29, 1.82) is 0 Å². The van der Waals surface area contributed by atoms with Crippen molar-refractivity contribution in [3.8, 4) is 0 Å². The minimum atomic E-state index is -3.27. The molecule has 0 aliphatic rings. The summed E-state index contributed by atoms with van der Waals surface area (Å²) in [5.74, 6) is 0.0675. The first-order valence-corrected chi connectivity index (χ1v) is 9.54. The van der Waals surface area contributed by atoms with Crippen LogP contribution in [0.1, 0.15) is 6.92 Å². The SMILES string of the molecule is CCS(=O)(=O)c1ccc2nccc(Nc3ccc4cn[nH]c4c3)c2c1. The Morgan fingerprint density at radius 1 is 1.12 bits per heavy atom. The normalized spacial score (nSPS) is 11.9. The van der Waals surface area contributed by atoms with E-state index in [1.807, 2.05) is 24.3 Å². The molecule has 0 aliphatic heterocycles. The van der Waals surface area contributed by atoms with Crippen LogP contribution in [0.4, 0.5) is 11.4 Å². The summed E-state index contributed by atoms with van der Waals surface area (Å²) in [5, 5.41) is 12.1. The highest BCUT2D eigenvalue weighted by molar-refractivity contribution is 7.91. The maximum atomic E-state index is 12.2. The molecule has 6 nitrogen and oxygen atoms in total. The van der Waals surface area contributed by atoms with Crippen LogP contribution in [-0.4, -0.2) is 29.4 Å². The third kappa shape index (κ3) is 2.83. The Bertz CT molecular complexity index is 1180. The number of sulfone groups is 1. The van der Waals surface area contributed by atoms with Gasteiger partial charge < -0.3 is 5.32 Å². The summed E-state index contributed by atoms with van der Waals surface area (Å²) in [7, 11) is -3.27. The first-order valence-electron chi connectivity index (χ1n) is 7.88. The van der Waals surface area contributed by atoms with Gasteiger partial charge >= 0.3 is 0 Å². The number of hydrogen-bond donors (Lipinski definition) is 2. The molecular weight excluding hydrogens is 336 g/mol. The predicted octanol–water partition coefficient (Wildman–Crippen LogP) is 3.65. The third-order valence-corrected chi connectivity index (χ3v) is 5.91. The average molecular weight is 352 g/mol. The fourth-order valence-corrected chi connectivity index (χ4v) is 3.67. The van der Waals surface area contributed by atoms with Crippen molar-refractivity contribution >= 4 is 43.0 Å². The topological polar surface area (TPSA) is 87.7 Å². The molecule has 7 heteroatoms. The largest absolute Gasteiger partial charge is 0.355 e. The Balaban J connectivity index is 1.81. The van der Waals surface area contributed by atoms with Crippen LogP contribution < -0.4 is 5.32 Å². The third-order valence-electron chi connectivity index (χ3n) is 4.17. The number of hydrogen-bond acceptors (Lipinski definition) is 5. The summed E-state index contributed by atoms with van der Waals surface area (Å²) in [4.78, 5) is 4.63. The fraction of sp³-hybridized carbons (Fsp3) is 0.111. The van der Waals surface area contributed by atoms with E-state index in [0.29, 0.717) is 4.90 Å². The first kappa shape index (κ1) is 15.6. The van der Waals surface area contributed by atoms with E-state index in [2.05, 4.69) is 20.5 Å². The van der Waals surface area contributed by atoms with Crippen LogP contribution in [0.25, 0.3) is 21.8 Å². The molecule has 4 aromatic rings. The predicted molar refractivity (Wildman–Crippen MR) is 98.8 cm³/mol. The van der Waals surface area contributed by atoms with E-state index in [9.17, 15) is 8.42 Å². The van der Waals surface area contributed by atoms with E-state index in [-0.39, 0.29) is 5.75 Å². The minimum absolute atomic E-state index is 0.0675. The molecular formula is C18H16N4O2S.